The molecule has 2 aromatic rings. The van der Waals surface area contributed by atoms with Crippen molar-refractivity contribution in [1.82, 2.24) is 10.2 Å². The Morgan fingerprint density at radius 1 is 1.38 bits per heavy atom. The van der Waals surface area contributed by atoms with Crippen LogP contribution in [0.2, 0.25) is 0 Å². The summed E-state index contributed by atoms with van der Waals surface area (Å²) in [4.78, 5) is 0. The smallest absolute Gasteiger partial charge is 0.163 e. The van der Waals surface area contributed by atoms with Crippen molar-refractivity contribution in [2.45, 2.75) is 6.92 Å². The van der Waals surface area contributed by atoms with Crippen molar-refractivity contribution in [3.63, 3.8) is 0 Å². The van der Waals surface area contributed by atoms with Gasteiger partial charge in [0.2, 0.25) is 0 Å². The normalized spacial score (nSPS) is 10.4. The number of H-pyrrole nitrogens is 1. The van der Waals surface area contributed by atoms with Crippen LogP contribution in [0.25, 0.3) is 11.3 Å². The molecule has 0 atom stereocenters. The van der Waals surface area contributed by atoms with Gasteiger partial charge in [0, 0.05) is 11.6 Å². The summed E-state index contributed by atoms with van der Waals surface area (Å²) in [6.45, 7) is 1.86. The van der Waals surface area contributed by atoms with E-state index in [-0.39, 0.29) is 5.75 Å². The number of hydrogen-bond acceptors (Lipinski definition) is 4. The van der Waals surface area contributed by atoms with E-state index in [0.29, 0.717) is 11.6 Å². The van der Waals surface area contributed by atoms with Crippen LogP contribution >= 0.6 is 0 Å². The molecule has 1 aromatic heterocycles. The number of ether oxygens (including phenoxy) is 1. The molecule has 0 spiro atoms. The molecular formula is C11H13N3O2. The van der Waals surface area contributed by atoms with Gasteiger partial charge < -0.3 is 15.6 Å². The highest BCUT2D eigenvalue weighted by atomic mass is 16.5. The van der Waals surface area contributed by atoms with E-state index in [4.69, 9.17) is 10.5 Å². The highest BCUT2D eigenvalue weighted by molar-refractivity contribution is 5.67. The van der Waals surface area contributed by atoms with Gasteiger partial charge in [0.1, 0.15) is 5.82 Å². The number of nitrogen functional groups attached to an aromatic ring is 1. The molecule has 0 aliphatic carbocycles. The van der Waals surface area contributed by atoms with Crippen molar-refractivity contribution in [2.24, 2.45) is 0 Å². The van der Waals surface area contributed by atoms with E-state index in [1.807, 2.05) is 13.0 Å². The third-order valence-electron chi connectivity index (χ3n) is 2.37. The Balaban J connectivity index is 2.52. The quantitative estimate of drug-likeness (QED) is 0.717. The first-order chi connectivity index (χ1) is 7.61. The summed E-state index contributed by atoms with van der Waals surface area (Å²) in [5.41, 5.74) is 7.95. The summed E-state index contributed by atoms with van der Waals surface area (Å²) in [7, 11) is 1.52. The molecule has 0 bridgehead atoms. The Hall–Kier alpha value is -2.17. The lowest BCUT2D eigenvalue weighted by Gasteiger charge is -2.08. The van der Waals surface area contributed by atoms with Crippen molar-refractivity contribution in [2.75, 3.05) is 12.8 Å². The molecule has 0 saturated carbocycles. The Bertz CT molecular complexity index is 497. The summed E-state index contributed by atoms with van der Waals surface area (Å²) in [6, 6.07) is 5.21. The van der Waals surface area contributed by atoms with Crippen LogP contribution in [0.4, 0.5) is 5.82 Å². The molecular weight excluding hydrogens is 206 g/mol. The van der Waals surface area contributed by atoms with Gasteiger partial charge in [0.25, 0.3) is 0 Å². The van der Waals surface area contributed by atoms with Gasteiger partial charge in [-0.15, -0.1) is 0 Å². The van der Waals surface area contributed by atoms with E-state index in [9.17, 15) is 5.11 Å². The average Bonchev–Trinajstić information content (AvgIpc) is 2.64. The SMILES string of the molecule is COc1c(C)cc(-c2cc(N)n[nH]2)cc1O. The molecule has 5 nitrogen and oxygen atoms in total. The number of phenols is 1. The van der Waals surface area contributed by atoms with Crippen LogP contribution in [-0.2, 0) is 0 Å². The number of aromatic amines is 1. The summed E-state index contributed by atoms with van der Waals surface area (Å²) in [5, 5.41) is 16.4. The van der Waals surface area contributed by atoms with E-state index in [0.717, 1.165) is 16.8 Å². The number of methoxy groups -OCH3 is 1. The molecule has 0 unspecified atom stereocenters. The summed E-state index contributed by atoms with van der Waals surface area (Å²) in [6.07, 6.45) is 0. The van der Waals surface area contributed by atoms with Crippen LogP contribution in [-0.4, -0.2) is 22.4 Å². The lowest BCUT2D eigenvalue weighted by molar-refractivity contribution is 0.371. The molecule has 4 N–H and O–H groups in total. The number of hydrogen-bond donors (Lipinski definition) is 3. The van der Waals surface area contributed by atoms with Gasteiger partial charge >= 0.3 is 0 Å². The second-order valence-electron chi connectivity index (χ2n) is 3.55. The lowest BCUT2D eigenvalue weighted by Crippen LogP contribution is -1.89. The minimum absolute atomic E-state index is 0.102. The Kier molecular flexibility index (Phi) is 2.44. The van der Waals surface area contributed by atoms with Crippen LogP contribution in [0, 0.1) is 6.92 Å². The van der Waals surface area contributed by atoms with Gasteiger partial charge in [0.05, 0.1) is 12.8 Å². The van der Waals surface area contributed by atoms with Crippen LogP contribution in [0.3, 0.4) is 0 Å². The fourth-order valence-corrected chi connectivity index (χ4v) is 1.66. The molecule has 0 radical (unpaired) electrons. The third-order valence-corrected chi connectivity index (χ3v) is 2.37. The maximum absolute atomic E-state index is 9.75. The zero-order valence-electron chi connectivity index (χ0n) is 9.11. The summed E-state index contributed by atoms with van der Waals surface area (Å²) in [5.74, 6) is 1.00. The molecule has 0 aliphatic rings. The largest absolute Gasteiger partial charge is 0.504 e. The number of aromatic nitrogens is 2. The Morgan fingerprint density at radius 3 is 2.62 bits per heavy atom. The van der Waals surface area contributed by atoms with Crippen molar-refractivity contribution >= 4 is 5.82 Å². The van der Waals surface area contributed by atoms with Crippen LogP contribution in [0.15, 0.2) is 18.2 Å². The minimum Gasteiger partial charge on any atom is -0.504 e. The molecule has 16 heavy (non-hydrogen) atoms. The van der Waals surface area contributed by atoms with Gasteiger partial charge in [-0.3, -0.25) is 5.10 Å². The van der Waals surface area contributed by atoms with Gasteiger partial charge in [-0.1, -0.05) is 0 Å². The molecule has 1 aromatic carbocycles. The summed E-state index contributed by atoms with van der Waals surface area (Å²) >= 11 is 0. The van der Waals surface area contributed by atoms with E-state index in [2.05, 4.69) is 10.2 Å². The standard InChI is InChI=1S/C11H13N3O2/c1-6-3-7(4-9(15)11(6)16-2)8-5-10(12)14-13-8/h3-5,15H,1-2H3,(H3,12,13,14). The minimum atomic E-state index is 0.102. The molecule has 2 rings (SSSR count). The predicted molar refractivity (Wildman–Crippen MR) is 61.4 cm³/mol. The number of aromatic hydroxyl groups is 1. The number of benzene rings is 1. The highest BCUT2D eigenvalue weighted by Gasteiger charge is 2.10. The van der Waals surface area contributed by atoms with Gasteiger partial charge in [0.15, 0.2) is 11.5 Å². The second-order valence-corrected chi connectivity index (χ2v) is 3.55. The van der Waals surface area contributed by atoms with Crippen LogP contribution in [0.1, 0.15) is 5.56 Å². The Labute approximate surface area is 92.9 Å². The third kappa shape index (κ3) is 1.67. The number of nitrogens with two attached hydrogens (primary N) is 1. The number of nitrogens with one attached hydrogen (secondary N) is 1. The van der Waals surface area contributed by atoms with E-state index >= 15 is 0 Å². The molecule has 5 heteroatoms. The van der Waals surface area contributed by atoms with Crippen molar-refractivity contribution < 1.29 is 9.84 Å². The predicted octanol–water partition coefficient (Wildman–Crippen LogP) is 1.68. The van der Waals surface area contributed by atoms with E-state index < -0.39 is 0 Å². The van der Waals surface area contributed by atoms with E-state index in [1.54, 1.807) is 12.1 Å². The number of anilines is 1. The highest BCUT2D eigenvalue weighted by Crippen LogP contribution is 2.34. The number of rotatable bonds is 2. The zero-order valence-corrected chi connectivity index (χ0v) is 9.11. The monoisotopic (exact) mass is 219 g/mol. The number of phenolic OH excluding ortho intramolecular Hbond substituents is 1. The first kappa shape index (κ1) is 10.4. The first-order valence-electron chi connectivity index (χ1n) is 4.80. The van der Waals surface area contributed by atoms with Gasteiger partial charge in [-0.05, 0) is 24.6 Å². The molecule has 0 saturated heterocycles. The second kappa shape index (κ2) is 3.77. The van der Waals surface area contributed by atoms with Crippen molar-refractivity contribution in [3.8, 4) is 22.8 Å². The molecule has 0 aliphatic heterocycles. The summed E-state index contributed by atoms with van der Waals surface area (Å²) < 4.78 is 5.07. The molecule has 84 valence electrons. The van der Waals surface area contributed by atoms with Gasteiger partial charge in [-0.25, -0.2) is 0 Å². The van der Waals surface area contributed by atoms with Gasteiger partial charge in [-0.2, -0.15) is 5.10 Å². The fraction of sp³-hybridized carbons (Fsp3) is 0.182. The van der Waals surface area contributed by atoms with Crippen LogP contribution < -0.4 is 10.5 Å². The Morgan fingerprint density at radius 2 is 2.12 bits per heavy atom. The maximum atomic E-state index is 9.75. The molecule has 0 amide bonds. The molecule has 1 heterocycles. The van der Waals surface area contributed by atoms with E-state index in [1.165, 1.54) is 7.11 Å². The average molecular weight is 219 g/mol. The molecule has 0 fully saturated rings. The zero-order chi connectivity index (χ0) is 11.7. The first-order valence-corrected chi connectivity index (χ1v) is 4.80. The topological polar surface area (TPSA) is 84.2 Å². The fourth-order valence-electron chi connectivity index (χ4n) is 1.66. The number of nitrogens with zero attached hydrogens (tertiary/aromatic N) is 1. The lowest BCUT2D eigenvalue weighted by atomic mass is 10.1. The van der Waals surface area contributed by atoms with Crippen molar-refractivity contribution in [1.29, 1.82) is 0 Å². The maximum Gasteiger partial charge on any atom is 0.163 e. The van der Waals surface area contributed by atoms with Crippen LogP contribution in [0.5, 0.6) is 11.5 Å². The number of aryl methyl sites for hydroxylation is 1. The van der Waals surface area contributed by atoms with Crippen molar-refractivity contribution in [3.05, 3.63) is 23.8 Å².